The molecule has 0 saturated carbocycles. The van der Waals surface area contributed by atoms with Crippen molar-refractivity contribution in [3.05, 3.63) is 88.5 Å². The number of rotatable bonds is 4. The van der Waals surface area contributed by atoms with E-state index in [9.17, 15) is 14.4 Å². The number of amides is 3. The van der Waals surface area contributed by atoms with Crippen LogP contribution in [0.1, 0.15) is 27.8 Å². The van der Waals surface area contributed by atoms with E-state index in [0.29, 0.717) is 17.1 Å². The van der Waals surface area contributed by atoms with Gasteiger partial charge in [0.1, 0.15) is 6.54 Å². The summed E-state index contributed by atoms with van der Waals surface area (Å²) in [6.07, 6.45) is 0. The van der Waals surface area contributed by atoms with Crippen LogP contribution in [0.15, 0.2) is 60.7 Å². The SMILES string of the molecule is Cc1cc(C)cc(N2C(=O)CS[C@]23C(=O)N(CC(=O)Nc2ccc(C)c(C)c2)c2ccccc23)c1. The van der Waals surface area contributed by atoms with Crippen molar-refractivity contribution in [2.75, 3.05) is 27.4 Å². The van der Waals surface area contributed by atoms with Gasteiger partial charge in [0.15, 0.2) is 0 Å². The Labute approximate surface area is 209 Å². The fourth-order valence-electron chi connectivity index (χ4n) is 4.96. The molecule has 1 spiro atoms. The van der Waals surface area contributed by atoms with Gasteiger partial charge in [-0.1, -0.05) is 30.3 Å². The summed E-state index contributed by atoms with van der Waals surface area (Å²) in [6.45, 7) is 7.82. The van der Waals surface area contributed by atoms with E-state index in [4.69, 9.17) is 0 Å². The number of benzene rings is 3. The summed E-state index contributed by atoms with van der Waals surface area (Å²) in [6, 6.07) is 19.1. The number of aryl methyl sites for hydroxylation is 4. The van der Waals surface area contributed by atoms with Crippen molar-refractivity contribution in [1.29, 1.82) is 0 Å². The molecule has 3 amide bonds. The Morgan fingerprint density at radius 3 is 2.37 bits per heavy atom. The largest absolute Gasteiger partial charge is 0.325 e. The van der Waals surface area contributed by atoms with Crippen LogP contribution in [-0.2, 0) is 19.3 Å². The minimum absolute atomic E-state index is 0.121. The molecule has 2 heterocycles. The highest BCUT2D eigenvalue weighted by atomic mass is 32.2. The lowest BCUT2D eigenvalue weighted by atomic mass is 10.0. The van der Waals surface area contributed by atoms with Crippen molar-refractivity contribution in [2.45, 2.75) is 32.6 Å². The Kier molecular flexibility index (Phi) is 5.68. The molecule has 1 N–H and O–H groups in total. The first-order valence-corrected chi connectivity index (χ1v) is 12.5. The molecule has 2 aliphatic rings. The second kappa shape index (κ2) is 8.57. The number of anilines is 3. The standard InChI is InChI=1S/C28H27N3O3S/c1-17-11-18(2)13-22(12-17)31-26(33)16-35-28(31)23-7-5-6-8-24(23)30(27(28)34)15-25(32)29-21-10-9-19(3)20(4)14-21/h5-14H,15-16H2,1-4H3,(H,29,32)/t28-/m1/s1. The number of carbonyl (C=O) groups excluding carboxylic acids is 3. The summed E-state index contributed by atoms with van der Waals surface area (Å²) in [4.78, 5) is 42.2. The number of carbonyl (C=O) groups is 3. The molecule has 0 aliphatic carbocycles. The third-order valence-electron chi connectivity index (χ3n) is 6.62. The molecule has 3 aromatic carbocycles. The highest BCUT2D eigenvalue weighted by Crippen LogP contribution is 2.55. The van der Waals surface area contributed by atoms with Crippen LogP contribution in [0.2, 0.25) is 0 Å². The third kappa shape index (κ3) is 3.80. The topological polar surface area (TPSA) is 69.7 Å². The lowest BCUT2D eigenvalue weighted by molar-refractivity contribution is -0.124. The van der Waals surface area contributed by atoms with Gasteiger partial charge in [0.2, 0.25) is 16.7 Å². The Morgan fingerprint density at radius 1 is 0.943 bits per heavy atom. The van der Waals surface area contributed by atoms with Gasteiger partial charge in [0, 0.05) is 16.9 Å². The highest BCUT2D eigenvalue weighted by molar-refractivity contribution is 8.02. The molecule has 7 heteroatoms. The molecule has 1 fully saturated rings. The van der Waals surface area contributed by atoms with Gasteiger partial charge >= 0.3 is 0 Å². The molecule has 35 heavy (non-hydrogen) atoms. The van der Waals surface area contributed by atoms with Gasteiger partial charge in [-0.25, -0.2) is 0 Å². The first-order valence-electron chi connectivity index (χ1n) is 11.5. The van der Waals surface area contributed by atoms with E-state index in [1.165, 1.54) is 16.7 Å². The maximum absolute atomic E-state index is 14.1. The third-order valence-corrected chi connectivity index (χ3v) is 8.01. The van der Waals surface area contributed by atoms with E-state index in [-0.39, 0.29) is 30.0 Å². The maximum Gasteiger partial charge on any atom is 0.269 e. The summed E-state index contributed by atoms with van der Waals surface area (Å²) in [5.74, 6) is -0.496. The zero-order chi connectivity index (χ0) is 24.9. The zero-order valence-electron chi connectivity index (χ0n) is 20.2. The van der Waals surface area contributed by atoms with Crippen molar-refractivity contribution < 1.29 is 14.4 Å². The molecule has 2 aliphatic heterocycles. The second-order valence-electron chi connectivity index (χ2n) is 9.26. The van der Waals surface area contributed by atoms with Crippen molar-refractivity contribution in [1.82, 2.24) is 0 Å². The Morgan fingerprint density at radius 2 is 1.66 bits per heavy atom. The van der Waals surface area contributed by atoms with E-state index >= 15 is 0 Å². The number of thioether (sulfide) groups is 1. The van der Waals surface area contributed by atoms with Crippen LogP contribution in [0.4, 0.5) is 17.1 Å². The normalized spacial score (nSPS) is 19.0. The van der Waals surface area contributed by atoms with E-state index in [1.807, 2.05) is 88.4 Å². The lowest BCUT2D eigenvalue weighted by Crippen LogP contribution is -2.51. The molecule has 1 atom stereocenters. The Bertz CT molecular complexity index is 1370. The molecule has 0 aromatic heterocycles. The average molecular weight is 486 g/mol. The predicted molar refractivity (Wildman–Crippen MR) is 141 cm³/mol. The number of hydrogen-bond donors (Lipinski definition) is 1. The van der Waals surface area contributed by atoms with Crippen LogP contribution < -0.4 is 15.1 Å². The molecule has 1 saturated heterocycles. The van der Waals surface area contributed by atoms with Crippen LogP contribution in [0.5, 0.6) is 0 Å². The van der Waals surface area contributed by atoms with Crippen molar-refractivity contribution >= 4 is 46.5 Å². The van der Waals surface area contributed by atoms with Crippen molar-refractivity contribution in [3.63, 3.8) is 0 Å². The number of nitrogens with zero attached hydrogens (tertiary/aromatic N) is 2. The number of nitrogens with one attached hydrogen (secondary N) is 1. The fraction of sp³-hybridized carbons (Fsp3) is 0.250. The van der Waals surface area contributed by atoms with Crippen molar-refractivity contribution in [2.24, 2.45) is 0 Å². The molecule has 0 bridgehead atoms. The zero-order valence-corrected chi connectivity index (χ0v) is 21.0. The lowest BCUT2D eigenvalue weighted by Gasteiger charge is -2.33. The number of para-hydroxylation sites is 1. The van der Waals surface area contributed by atoms with Crippen LogP contribution in [0, 0.1) is 27.7 Å². The molecular formula is C28H27N3O3S. The monoisotopic (exact) mass is 485 g/mol. The van der Waals surface area contributed by atoms with E-state index in [2.05, 4.69) is 5.32 Å². The summed E-state index contributed by atoms with van der Waals surface area (Å²) in [5.41, 5.74) is 7.03. The van der Waals surface area contributed by atoms with E-state index in [1.54, 1.807) is 4.90 Å². The maximum atomic E-state index is 14.1. The second-order valence-corrected chi connectivity index (χ2v) is 10.4. The van der Waals surface area contributed by atoms with Crippen LogP contribution >= 0.6 is 11.8 Å². The summed E-state index contributed by atoms with van der Waals surface area (Å²) >= 11 is 1.32. The molecular weight excluding hydrogens is 458 g/mol. The van der Waals surface area contributed by atoms with Gasteiger partial charge in [-0.2, -0.15) is 0 Å². The first-order chi connectivity index (χ1) is 16.7. The number of fused-ring (bicyclic) bond motifs is 2. The first kappa shape index (κ1) is 23.2. The quantitative estimate of drug-likeness (QED) is 0.574. The van der Waals surface area contributed by atoms with Gasteiger partial charge in [0.25, 0.3) is 5.91 Å². The average Bonchev–Trinajstić information content (AvgIpc) is 3.27. The van der Waals surface area contributed by atoms with Gasteiger partial charge in [-0.05, 0) is 80.3 Å². The summed E-state index contributed by atoms with van der Waals surface area (Å²) in [5, 5.41) is 2.91. The van der Waals surface area contributed by atoms with E-state index < -0.39 is 4.87 Å². The molecule has 5 rings (SSSR count). The van der Waals surface area contributed by atoms with Crippen LogP contribution in [0.25, 0.3) is 0 Å². The minimum Gasteiger partial charge on any atom is -0.325 e. The van der Waals surface area contributed by atoms with Gasteiger partial charge < -0.3 is 5.32 Å². The smallest absolute Gasteiger partial charge is 0.269 e. The summed E-state index contributed by atoms with van der Waals surface area (Å²) in [7, 11) is 0. The summed E-state index contributed by atoms with van der Waals surface area (Å²) < 4.78 is 0. The number of hydrogen-bond acceptors (Lipinski definition) is 4. The predicted octanol–water partition coefficient (Wildman–Crippen LogP) is 4.84. The van der Waals surface area contributed by atoms with Gasteiger partial charge in [-0.15, -0.1) is 11.8 Å². The Hall–Kier alpha value is -3.58. The molecule has 0 unspecified atom stereocenters. The van der Waals surface area contributed by atoms with Crippen molar-refractivity contribution in [3.8, 4) is 0 Å². The van der Waals surface area contributed by atoms with Crippen LogP contribution in [0.3, 0.4) is 0 Å². The molecule has 0 radical (unpaired) electrons. The fourth-order valence-corrected chi connectivity index (χ4v) is 6.31. The molecule has 3 aromatic rings. The van der Waals surface area contributed by atoms with Gasteiger partial charge in [-0.3, -0.25) is 24.2 Å². The Balaban J connectivity index is 1.52. The van der Waals surface area contributed by atoms with E-state index in [0.717, 1.165) is 27.8 Å². The van der Waals surface area contributed by atoms with Gasteiger partial charge in [0.05, 0.1) is 11.4 Å². The minimum atomic E-state index is -1.23. The highest BCUT2D eigenvalue weighted by Gasteiger charge is 2.61. The molecule has 178 valence electrons. The van der Waals surface area contributed by atoms with Crippen LogP contribution in [-0.4, -0.2) is 30.0 Å². The molecule has 6 nitrogen and oxygen atoms in total.